The Morgan fingerprint density at radius 1 is 1.29 bits per heavy atom. The molecule has 1 aliphatic carbocycles. The van der Waals surface area contributed by atoms with Gasteiger partial charge >= 0.3 is 12.1 Å². The average molecular weight is 301 g/mol. The summed E-state index contributed by atoms with van der Waals surface area (Å²) in [5.74, 6) is -1.13. The summed E-state index contributed by atoms with van der Waals surface area (Å²) in [5, 5.41) is 9.15. The van der Waals surface area contributed by atoms with Crippen LogP contribution in [0.1, 0.15) is 43.0 Å². The van der Waals surface area contributed by atoms with Crippen LogP contribution in [-0.2, 0) is 11.0 Å². The fourth-order valence-corrected chi connectivity index (χ4v) is 2.58. The van der Waals surface area contributed by atoms with Crippen molar-refractivity contribution < 1.29 is 23.1 Å². The van der Waals surface area contributed by atoms with Gasteiger partial charge in [0.25, 0.3) is 0 Å². The first kappa shape index (κ1) is 14.1. The predicted octanol–water partition coefficient (Wildman–Crippen LogP) is 2.43. The number of carboxylic acid groups (broad SMARTS) is 1. The van der Waals surface area contributed by atoms with Crippen LogP contribution in [0.2, 0.25) is 0 Å². The lowest BCUT2D eigenvalue weighted by Crippen LogP contribution is -2.37. The van der Waals surface area contributed by atoms with E-state index in [1.807, 2.05) is 0 Å². The van der Waals surface area contributed by atoms with Crippen LogP contribution in [0, 0.1) is 0 Å². The highest BCUT2D eigenvalue weighted by Crippen LogP contribution is 2.41. The van der Waals surface area contributed by atoms with Crippen LogP contribution in [0.5, 0.6) is 0 Å². The van der Waals surface area contributed by atoms with E-state index in [9.17, 15) is 18.0 Å². The number of rotatable bonds is 3. The normalized spacial score (nSPS) is 22.6. The van der Waals surface area contributed by atoms with Gasteiger partial charge in [-0.1, -0.05) is 0 Å². The first-order chi connectivity index (χ1) is 9.86. The number of halogens is 3. The summed E-state index contributed by atoms with van der Waals surface area (Å²) in [6.07, 6.45) is -1.92. The molecule has 2 heterocycles. The Morgan fingerprint density at radius 2 is 2.00 bits per heavy atom. The highest BCUT2D eigenvalue weighted by atomic mass is 19.4. The first-order valence-corrected chi connectivity index (χ1v) is 6.82. The van der Waals surface area contributed by atoms with Crippen LogP contribution in [0.25, 0.3) is 0 Å². The summed E-state index contributed by atoms with van der Waals surface area (Å²) in [7, 11) is 0. The molecule has 0 radical (unpaired) electrons. The van der Waals surface area contributed by atoms with E-state index in [1.54, 1.807) is 0 Å². The molecule has 0 spiro atoms. The van der Waals surface area contributed by atoms with Gasteiger partial charge < -0.3 is 10.0 Å². The molecule has 1 aromatic rings. The third-order valence-electron chi connectivity index (χ3n) is 3.81. The van der Waals surface area contributed by atoms with E-state index in [2.05, 4.69) is 9.97 Å². The van der Waals surface area contributed by atoms with Gasteiger partial charge in [-0.05, 0) is 31.7 Å². The smallest absolute Gasteiger partial charge is 0.433 e. The van der Waals surface area contributed by atoms with Gasteiger partial charge in [0.15, 0.2) is 0 Å². The maximum absolute atomic E-state index is 12.9. The van der Waals surface area contributed by atoms with Crippen molar-refractivity contribution in [1.29, 1.82) is 0 Å². The lowest BCUT2D eigenvalue weighted by Gasteiger charge is -2.22. The molecule has 0 aromatic carbocycles. The minimum Gasteiger partial charge on any atom is -0.480 e. The van der Waals surface area contributed by atoms with Crippen LogP contribution in [0.15, 0.2) is 6.07 Å². The number of carboxylic acids is 1. The molecule has 1 aliphatic heterocycles. The van der Waals surface area contributed by atoms with Crippen molar-refractivity contribution in [2.45, 2.75) is 43.8 Å². The number of carbonyl (C=O) groups is 1. The zero-order chi connectivity index (χ0) is 15.2. The summed E-state index contributed by atoms with van der Waals surface area (Å²) in [4.78, 5) is 20.3. The van der Waals surface area contributed by atoms with E-state index >= 15 is 0 Å². The Balaban J connectivity index is 2.01. The number of aliphatic carboxylic acids is 1. The number of aromatic nitrogens is 2. The highest BCUT2D eigenvalue weighted by molar-refractivity contribution is 5.78. The third kappa shape index (κ3) is 2.79. The molecule has 3 rings (SSSR count). The van der Waals surface area contributed by atoms with Gasteiger partial charge in [-0.2, -0.15) is 13.2 Å². The Morgan fingerprint density at radius 3 is 2.57 bits per heavy atom. The first-order valence-electron chi connectivity index (χ1n) is 6.82. The fourth-order valence-electron chi connectivity index (χ4n) is 2.58. The second kappa shape index (κ2) is 4.85. The highest BCUT2D eigenvalue weighted by Gasteiger charge is 2.39. The third-order valence-corrected chi connectivity index (χ3v) is 3.81. The van der Waals surface area contributed by atoms with Crippen LogP contribution in [0.3, 0.4) is 0 Å². The lowest BCUT2D eigenvalue weighted by atomic mass is 10.2. The SMILES string of the molecule is O=C(O)[C@H]1CCCN1c1nc(C2CC2)cc(C(F)(F)F)n1. The van der Waals surface area contributed by atoms with Crippen molar-refractivity contribution in [1.82, 2.24) is 9.97 Å². The van der Waals surface area contributed by atoms with Crippen LogP contribution >= 0.6 is 0 Å². The van der Waals surface area contributed by atoms with Gasteiger partial charge in [0, 0.05) is 18.2 Å². The second-order valence-electron chi connectivity index (χ2n) is 5.44. The summed E-state index contributed by atoms with van der Waals surface area (Å²) in [5.41, 5.74) is -0.631. The fraction of sp³-hybridized carbons (Fsp3) is 0.615. The Hall–Kier alpha value is -1.86. The van der Waals surface area contributed by atoms with Crippen molar-refractivity contribution in [2.75, 3.05) is 11.4 Å². The summed E-state index contributed by atoms with van der Waals surface area (Å²) < 4.78 is 38.8. The van der Waals surface area contributed by atoms with Gasteiger partial charge in [-0.25, -0.2) is 14.8 Å². The summed E-state index contributed by atoms with van der Waals surface area (Å²) in [6.45, 7) is 0.363. The van der Waals surface area contributed by atoms with Crippen molar-refractivity contribution in [3.8, 4) is 0 Å². The maximum atomic E-state index is 12.9. The monoisotopic (exact) mass is 301 g/mol. The molecule has 8 heteroatoms. The van der Waals surface area contributed by atoms with Crippen molar-refractivity contribution in [3.63, 3.8) is 0 Å². The topological polar surface area (TPSA) is 66.3 Å². The molecule has 1 saturated carbocycles. The lowest BCUT2D eigenvalue weighted by molar-refractivity contribution is -0.141. The second-order valence-corrected chi connectivity index (χ2v) is 5.44. The molecule has 1 atom stereocenters. The van der Waals surface area contributed by atoms with Gasteiger partial charge in [0.2, 0.25) is 5.95 Å². The molecule has 2 fully saturated rings. The molecular formula is C13H14F3N3O2. The Kier molecular flexibility index (Phi) is 3.26. The molecule has 0 unspecified atom stereocenters. The molecule has 21 heavy (non-hydrogen) atoms. The van der Waals surface area contributed by atoms with E-state index in [0.717, 1.165) is 18.9 Å². The maximum Gasteiger partial charge on any atom is 0.433 e. The number of alkyl halides is 3. The van der Waals surface area contributed by atoms with Crippen molar-refractivity contribution in [3.05, 3.63) is 17.5 Å². The van der Waals surface area contributed by atoms with E-state index in [-0.39, 0.29) is 11.9 Å². The van der Waals surface area contributed by atoms with E-state index in [1.165, 1.54) is 4.90 Å². The summed E-state index contributed by atoms with van der Waals surface area (Å²) in [6, 6.07) is 0.132. The Bertz CT molecular complexity index is 572. The van der Waals surface area contributed by atoms with E-state index in [0.29, 0.717) is 25.1 Å². The molecule has 1 aromatic heterocycles. The zero-order valence-corrected chi connectivity index (χ0v) is 11.1. The number of anilines is 1. The van der Waals surface area contributed by atoms with Gasteiger partial charge in [0.1, 0.15) is 11.7 Å². The predicted molar refractivity (Wildman–Crippen MR) is 67.0 cm³/mol. The standard InChI is InChI=1S/C13H14F3N3O2/c14-13(15,16)10-6-8(7-3-4-7)17-12(18-10)19-5-1-2-9(19)11(20)21/h6-7,9H,1-5H2,(H,20,21)/t9-/m1/s1. The molecular weight excluding hydrogens is 287 g/mol. The molecule has 2 aliphatic rings. The molecule has 0 amide bonds. The molecule has 1 N–H and O–H groups in total. The number of hydrogen-bond donors (Lipinski definition) is 1. The molecule has 0 bridgehead atoms. The largest absolute Gasteiger partial charge is 0.480 e. The summed E-state index contributed by atoms with van der Waals surface area (Å²) >= 11 is 0. The molecule has 114 valence electrons. The van der Waals surface area contributed by atoms with Crippen molar-refractivity contribution in [2.24, 2.45) is 0 Å². The van der Waals surface area contributed by atoms with E-state index in [4.69, 9.17) is 5.11 Å². The van der Waals surface area contributed by atoms with E-state index < -0.39 is 23.9 Å². The van der Waals surface area contributed by atoms with Gasteiger partial charge in [0.05, 0.1) is 0 Å². The average Bonchev–Trinajstić information content (AvgIpc) is 3.13. The van der Waals surface area contributed by atoms with Gasteiger partial charge in [-0.3, -0.25) is 0 Å². The minimum atomic E-state index is -4.56. The van der Waals surface area contributed by atoms with Crippen LogP contribution < -0.4 is 4.90 Å². The zero-order valence-electron chi connectivity index (χ0n) is 11.1. The number of hydrogen-bond acceptors (Lipinski definition) is 4. The quantitative estimate of drug-likeness (QED) is 0.928. The minimum absolute atomic E-state index is 0.0405. The van der Waals surface area contributed by atoms with Crippen LogP contribution in [0.4, 0.5) is 19.1 Å². The molecule has 5 nitrogen and oxygen atoms in total. The molecule has 1 saturated heterocycles. The van der Waals surface area contributed by atoms with Crippen molar-refractivity contribution >= 4 is 11.9 Å². The Labute approximate surface area is 118 Å². The van der Waals surface area contributed by atoms with Crippen LogP contribution in [-0.4, -0.2) is 33.6 Å². The number of nitrogens with zero attached hydrogens (tertiary/aromatic N) is 3. The van der Waals surface area contributed by atoms with Gasteiger partial charge in [-0.15, -0.1) is 0 Å².